The minimum atomic E-state index is -0.644. The monoisotopic (exact) mass is 333 g/mol. The van der Waals surface area contributed by atoms with E-state index in [2.05, 4.69) is 5.32 Å². The molecular formula is C17H13ClFNO3. The van der Waals surface area contributed by atoms with Crippen molar-refractivity contribution < 1.29 is 18.7 Å². The molecule has 0 atom stereocenters. The number of ether oxygens (including phenoxy) is 1. The molecule has 0 saturated heterocycles. The maximum absolute atomic E-state index is 12.9. The summed E-state index contributed by atoms with van der Waals surface area (Å²) in [6.07, 6.45) is 2.81. The van der Waals surface area contributed by atoms with Crippen LogP contribution in [0.4, 0.5) is 10.1 Å². The predicted molar refractivity (Wildman–Crippen MR) is 86.5 cm³/mol. The van der Waals surface area contributed by atoms with Crippen LogP contribution in [0.15, 0.2) is 54.6 Å². The third-order valence-corrected chi connectivity index (χ3v) is 3.07. The zero-order chi connectivity index (χ0) is 16.7. The second kappa shape index (κ2) is 8.10. The molecule has 1 N–H and O–H groups in total. The highest BCUT2D eigenvalue weighted by Crippen LogP contribution is 2.22. The van der Waals surface area contributed by atoms with Gasteiger partial charge in [0.05, 0.1) is 10.7 Å². The van der Waals surface area contributed by atoms with E-state index < -0.39 is 24.3 Å². The van der Waals surface area contributed by atoms with Gasteiger partial charge in [-0.3, -0.25) is 4.79 Å². The number of carbonyl (C=O) groups excluding carboxylic acids is 2. The van der Waals surface area contributed by atoms with E-state index in [0.29, 0.717) is 0 Å². The van der Waals surface area contributed by atoms with E-state index >= 15 is 0 Å². The van der Waals surface area contributed by atoms with Crippen LogP contribution in [0.1, 0.15) is 5.56 Å². The minimum Gasteiger partial charge on any atom is -0.452 e. The van der Waals surface area contributed by atoms with Crippen molar-refractivity contribution in [1.29, 1.82) is 0 Å². The van der Waals surface area contributed by atoms with Crippen LogP contribution in [-0.4, -0.2) is 18.5 Å². The fraction of sp³-hybridized carbons (Fsp3) is 0.0588. The van der Waals surface area contributed by atoms with E-state index in [1.165, 1.54) is 12.1 Å². The molecule has 0 unspecified atom stereocenters. The molecule has 4 nitrogen and oxygen atoms in total. The molecule has 0 aliphatic carbocycles. The van der Waals surface area contributed by atoms with Crippen molar-refractivity contribution in [3.63, 3.8) is 0 Å². The van der Waals surface area contributed by atoms with Crippen LogP contribution in [0.5, 0.6) is 0 Å². The number of hydrogen-bond donors (Lipinski definition) is 1. The molecule has 0 fully saturated rings. The fourth-order valence-electron chi connectivity index (χ4n) is 1.69. The third-order valence-electron chi connectivity index (χ3n) is 2.76. The Balaban J connectivity index is 1.82. The Morgan fingerprint density at radius 2 is 1.91 bits per heavy atom. The van der Waals surface area contributed by atoms with Crippen molar-refractivity contribution in [2.75, 3.05) is 11.9 Å². The number of halogens is 2. The first-order valence-electron chi connectivity index (χ1n) is 6.69. The standard InChI is InChI=1S/C17H13ClFNO3/c18-14-10-13(19)7-8-15(14)20-16(21)11-23-17(22)9-6-12-4-2-1-3-5-12/h1-10H,11H2,(H,20,21)/b9-6+. The molecule has 6 heteroatoms. The quantitative estimate of drug-likeness (QED) is 0.671. The molecule has 1 amide bonds. The highest BCUT2D eigenvalue weighted by molar-refractivity contribution is 6.33. The Kier molecular flexibility index (Phi) is 5.88. The molecule has 0 heterocycles. The van der Waals surface area contributed by atoms with Gasteiger partial charge in [-0.25, -0.2) is 9.18 Å². The number of nitrogens with one attached hydrogen (secondary N) is 1. The van der Waals surface area contributed by atoms with Crippen LogP contribution >= 0.6 is 11.6 Å². The molecule has 0 radical (unpaired) electrons. The SMILES string of the molecule is O=C(COC(=O)/C=C/c1ccccc1)Nc1ccc(F)cc1Cl. The van der Waals surface area contributed by atoms with Crippen molar-refractivity contribution >= 4 is 35.2 Å². The van der Waals surface area contributed by atoms with E-state index in [0.717, 1.165) is 17.7 Å². The first-order chi connectivity index (χ1) is 11.0. The lowest BCUT2D eigenvalue weighted by Crippen LogP contribution is -2.20. The summed E-state index contributed by atoms with van der Waals surface area (Å²) in [6, 6.07) is 12.8. The lowest BCUT2D eigenvalue weighted by molar-refractivity contribution is -0.142. The van der Waals surface area contributed by atoms with Crippen LogP contribution in [0.3, 0.4) is 0 Å². The van der Waals surface area contributed by atoms with Gasteiger partial charge >= 0.3 is 5.97 Å². The van der Waals surface area contributed by atoms with Gasteiger partial charge in [0, 0.05) is 6.08 Å². The molecule has 2 rings (SSSR count). The first-order valence-corrected chi connectivity index (χ1v) is 7.07. The summed E-state index contributed by atoms with van der Waals surface area (Å²) < 4.78 is 17.7. The number of carbonyl (C=O) groups is 2. The molecule has 0 aliphatic rings. The molecule has 0 aromatic heterocycles. The Labute approximate surface area is 137 Å². The summed E-state index contributed by atoms with van der Waals surface area (Å²) >= 11 is 5.78. The van der Waals surface area contributed by atoms with Gasteiger partial charge in [0.25, 0.3) is 5.91 Å². The smallest absolute Gasteiger partial charge is 0.331 e. The Morgan fingerprint density at radius 3 is 2.61 bits per heavy atom. The van der Waals surface area contributed by atoms with E-state index in [9.17, 15) is 14.0 Å². The number of rotatable bonds is 5. The van der Waals surface area contributed by atoms with Gasteiger partial charge in [-0.05, 0) is 29.8 Å². The zero-order valence-electron chi connectivity index (χ0n) is 12.0. The van der Waals surface area contributed by atoms with Gasteiger partial charge in [-0.1, -0.05) is 41.9 Å². The maximum atomic E-state index is 12.9. The Bertz CT molecular complexity index is 732. The summed E-state index contributed by atoms with van der Waals surface area (Å²) in [5.41, 5.74) is 1.08. The number of hydrogen-bond acceptors (Lipinski definition) is 3. The molecule has 0 saturated carbocycles. The van der Waals surface area contributed by atoms with Gasteiger partial charge in [0.1, 0.15) is 5.82 Å². The lowest BCUT2D eigenvalue weighted by Gasteiger charge is -2.07. The normalized spacial score (nSPS) is 10.5. The van der Waals surface area contributed by atoms with Crippen LogP contribution in [0.25, 0.3) is 6.08 Å². The average molecular weight is 334 g/mol. The van der Waals surface area contributed by atoms with Crippen LogP contribution in [0, 0.1) is 5.82 Å². The second-order valence-electron chi connectivity index (χ2n) is 4.52. The molecular weight excluding hydrogens is 321 g/mol. The fourth-order valence-corrected chi connectivity index (χ4v) is 1.90. The summed E-state index contributed by atoms with van der Waals surface area (Å²) in [4.78, 5) is 23.2. The topological polar surface area (TPSA) is 55.4 Å². The highest BCUT2D eigenvalue weighted by atomic mass is 35.5. The largest absolute Gasteiger partial charge is 0.452 e. The van der Waals surface area contributed by atoms with Gasteiger partial charge in [-0.2, -0.15) is 0 Å². The van der Waals surface area contributed by atoms with Crippen LogP contribution in [-0.2, 0) is 14.3 Å². The number of amides is 1. The van der Waals surface area contributed by atoms with Gasteiger partial charge in [-0.15, -0.1) is 0 Å². The molecule has 0 aliphatic heterocycles. The molecule has 0 bridgehead atoms. The highest BCUT2D eigenvalue weighted by Gasteiger charge is 2.08. The maximum Gasteiger partial charge on any atom is 0.331 e. The molecule has 2 aromatic carbocycles. The predicted octanol–water partition coefficient (Wildman–Crippen LogP) is 3.67. The zero-order valence-corrected chi connectivity index (χ0v) is 12.7. The van der Waals surface area contributed by atoms with Crippen molar-refractivity contribution in [2.24, 2.45) is 0 Å². The third kappa shape index (κ3) is 5.56. The van der Waals surface area contributed by atoms with E-state index in [1.807, 2.05) is 30.3 Å². The average Bonchev–Trinajstić information content (AvgIpc) is 2.54. The van der Waals surface area contributed by atoms with Gasteiger partial charge in [0.15, 0.2) is 6.61 Å². The lowest BCUT2D eigenvalue weighted by atomic mass is 10.2. The Hall–Kier alpha value is -2.66. The van der Waals surface area contributed by atoms with Gasteiger partial charge < -0.3 is 10.1 Å². The van der Waals surface area contributed by atoms with Gasteiger partial charge in [0.2, 0.25) is 0 Å². The van der Waals surface area contributed by atoms with Crippen molar-refractivity contribution in [2.45, 2.75) is 0 Å². The van der Waals surface area contributed by atoms with E-state index in [1.54, 1.807) is 6.08 Å². The molecule has 0 spiro atoms. The summed E-state index contributed by atoms with van der Waals surface area (Å²) in [7, 11) is 0. The van der Waals surface area contributed by atoms with Crippen molar-refractivity contribution in [1.82, 2.24) is 0 Å². The minimum absolute atomic E-state index is 0.0636. The Morgan fingerprint density at radius 1 is 1.17 bits per heavy atom. The van der Waals surface area contributed by atoms with E-state index in [4.69, 9.17) is 16.3 Å². The summed E-state index contributed by atoms with van der Waals surface area (Å²) in [5.74, 6) is -1.72. The van der Waals surface area contributed by atoms with Crippen molar-refractivity contribution in [3.05, 3.63) is 71.0 Å². The molecule has 2 aromatic rings. The number of anilines is 1. The van der Waals surface area contributed by atoms with Crippen molar-refractivity contribution in [3.8, 4) is 0 Å². The summed E-state index contributed by atoms with van der Waals surface area (Å²) in [6.45, 7) is -0.467. The number of esters is 1. The van der Waals surface area contributed by atoms with Crippen LogP contribution < -0.4 is 5.32 Å². The molecule has 23 heavy (non-hydrogen) atoms. The summed E-state index contributed by atoms with van der Waals surface area (Å²) in [5, 5.41) is 2.49. The first kappa shape index (κ1) is 16.7. The second-order valence-corrected chi connectivity index (χ2v) is 4.93. The van der Waals surface area contributed by atoms with E-state index in [-0.39, 0.29) is 10.7 Å². The van der Waals surface area contributed by atoms with Crippen LogP contribution in [0.2, 0.25) is 5.02 Å². The molecule has 118 valence electrons. The number of benzene rings is 2.